The number of furan rings is 1. The maximum Gasteiger partial charge on any atom is 0.284 e. The monoisotopic (exact) mass is 416 g/mol. The molecule has 6 nitrogen and oxygen atoms in total. The number of hydrogen-bond donors (Lipinski definition) is 1. The number of nitrogens with zero attached hydrogens (tertiary/aromatic N) is 1. The van der Waals surface area contributed by atoms with E-state index in [1.807, 2.05) is 12.1 Å². The number of para-hydroxylation sites is 2. The van der Waals surface area contributed by atoms with Crippen LogP contribution in [0.2, 0.25) is 10.0 Å². The van der Waals surface area contributed by atoms with Crippen molar-refractivity contribution < 1.29 is 18.7 Å². The molecular formula is C20H14Cl2N2O4. The minimum Gasteiger partial charge on any atom is -0.485 e. The Morgan fingerprint density at radius 2 is 1.93 bits per heavy atom. The summed E-state index contributed by atoms with van der Waals surface area (Å²) in [7, 11) is 0. The molecule has 0 fully saturated rings. The van der Waals surface area contributed by atoms with Crippen LogP contribution in [0.15, 0.2) is 64.1 Å². The molecule has 3 aromatic rings. The molecule has 1 atom stereocenters. The van der Waals surface area contributed by atoms with Gasteiger partial charge in [-0.05, 0) is 42.5 Å². The average Bonchev–Trinajstić information content (AvgIpc) is 3.16. The summed E-state index contributed by atoms with van der Waals surface area (Å²) in [4.78, 5) is 12.2. The Balaban J connectivity index is 1.38. The van der Waals surface area contributed by atoms with Crippen molar-refractivity contribution >= 4 is 35.3 Å². The van der Waals surface area contributed by atoms with Crippen molar-refractivity contribution in [1.82, 2.24) is 5.43 Å². The summed E-state index contributed by atoms with van der Waals surface area (Å²) in [5.74, 6) is 1.73. The lowest BCUT2D eigenvalue weighted by Gasteiger charge is -2.24. The number of carbonyl (C=O) groups is 1. The van der Waals surface area contributed by atoms with Crippen LogP contribution < -0.4 is 14.9 Å². The molecule has 0 unspecified atom stereocenters. The highest BCUT2D eigenvalue weighted by Gasteiger charge is 2.27. The van der Waals surface area contributed by atoms with Crippen LogP contribution in [0.3, 0.4) is 0 Å². The highest BCUT2D eigenvalue weighted by Crippen LogP contribution is 2.32. The second kappa shape index (κ2) is 7.96. The Labute approximate surface area is 170 Å². The van der Waals surface area contributed by atoms with Crippen LogP contribution in [0, 0.1) is 0 Å². The van der Waals surface area contributed by atoms with E-state index in [-0.39, 0.29) is 6.61 Å². The van der Waals surface area contributed by atoms with E-state index >= 15 is 0 Å². The van der Waals surface area contributed by atoms with E-state index in [1.54, 1.807) is 42.5 Å². The van der Waals surface area contributed by atoms with Crippen molar-refractivity contribution in [2.24, 2.45) is 5.10 Å². The second-order valence-electron chi connectivity index (χ2n) is 5.92. The van der Waals surface area contributed by atoms with Crippen molar-refractivity contribution in [2.75, 3.05) is 6.61 Å². The molecule has 1 amide bonds. The minimum atomic E-state index is -0.785. The van der Waals surface area contributed by atoms with Gasteiger partial charge in [0.2, 0.25) is 6.10 Å². The number of ether oxygens (including phenoxy) is 2. The van der Waals surface area contributed by atoms with Gasteiger partial charge < -0.3 is 13.9 Å². The van der Waals surface area contributed by atoms with Crippen molar-refractivity contribution in [3.8, 4) is 22.8 Å². The van der Waals surface area contributed by atoms with Gasteiger partial charge in [-0.3, -0.25) is 4.79 Å². The number of rotatable bonds is 4. The summed E-state index contributed by atoms with van der Waals surface area (Å²) in [5.41, 5.74) is 3.13. The van der Waals surface area contributed by atoms with E-state index in [0.717, 1.165) is 0 Å². The summed E-state index contributed by atoms with van der Waals surface area (Å²) >= 11 is 12.1. The molecule has 28 heavy (non-hydrogen) atoms. The summed E-state index contributed by atoms with van der Waals surface area (Å²) in [6, 6.07) is 15.8. The van der Waals surface area contributed by atoms with E-state index in [2.05, 4.69) is 10.5 Å². The van der Waals surface area contributed by atoms with Gasteiger partial charge in [-0.2, -0.15) is 5.10 Å². The number of benzene rings is 2. The van der Waals surface area contributed by atoms with E-state index in [0.29, 0.717) is 38.6 Å². The third-order valence-electron chi connectivity index (χ3n) is 3.99. The van der Waals surface area contributed by atoms with Gasteiger partial charge in [-0.25, -0.2) is 5.43 Å². The van der Waals surface area contributed by atoms with Gasteiger partial charge in [0, 0.05) is 10.6 Å². The molecule has 0 spiro atoms. The van der Waals surface area contributed by atoms with E-state index in [4.69, 9.17) is 37.1 Å². The van der Waals surface area contributed by atoms with Gasteiger partial charge in [0.1, 0.15) is 18.1 Å². The summed E-state index contributed by atoms with van der Waals surface area (Å²) in [6.07, 6.45) is 0.607. The largest absolute Gasteiger partial charge is 0.485 e. The SMILES string of the molecule is O=C(N/N=C\c1ccc(-c2ccc(Cl)cc2Cl)o1)[C@H]1COc2ccccc2O1. The molecule has 1 aliphatic heterocycles. The lowest BCUT2D eigenvalue weighted by atomic mass is 10.2. The fourth-order valence-corrected chi connectivity index (χ4v) is 3.14. The zero-order chi connectivity index (χ0) is 19.5. The molecule has 2 aromatic carbocycles. The third kappa shape index (κ3) is 3.98. The molecule has 2 heterocycles. The molecule has 142 valence electrons. The van der Waals surface area contributed by atoms with Crippen LogP contribution >= 0.6 is 23.2 Å². The van der Waals surface area contributed by atoms with Gasteiger partial charge in [0.15, 0.2) is 11.5 Å². The van der Waals surface area contributed by atoms with Crippen LogP contribution in [0.25, 0.3) is 11.3 Å². The van der Waals surface area contributed by atoms with Crippen LogP contribution in [0.1, 0.15) is 5.76 Å². The van der Waals surface area contributed by atoms with Gasteiger partial charge in [-0.1, -0.05) is 35.3 Å². The molecule has 1 aromatic heterocycles. The highest BCUT2D eigenvalue weighted by atomic mass is 35.5. The van der Waals surface area contributed by atoms with Crippen LogP contribution in [-0.4, -0.2) is 24.8 Å². The Hall–Kier alpha value is -2.96. The molecule has 1 aliphatic rings. The molecule has 1 N–H and O–H groups in total. The molecule has 4 rings (SSSR count). The average molecular weight is 417 g/mol. The van der Waals surface area contributed by atoms with E-state index in [9.17, 15) is 4.79 Å². The molecule has 0 saturated heterocycles. The zero-order valence-corrected chi connectivity index (χ0v) is 15.9. The van der Waals surface area contributed by atoms with Crippen molar-refractivity contribution in [2.45, 2.75) is 6.10 Å². The standard InChI is InChI=1S/C20H14Cl2N2O4/c21-12-5-7-14(15(22)9-12)16-8-6-13(27-16)10-23-24-20(25)19-11-26-17-3-1-2-4-18(17)28-19/h1-10,19H,11H2,(H,24,25)/b23-10-/t19-/m1/s1. The number of fused-ring (bicyclic) bond motifs is 1. The second-order valence-corrected chi connectivity index (χ2v) is 6.77. The first-order valence-electron chi connectivity index (χ1n) is 8.37. The first-order valence-corrected chi connectivity index (χ1v) is 9.12. The number of amides is 1. The first kappa shape index (κ1) is 18.4. The van der Waals surface area contributed by atoms with Crippen LogP contribution in [0.5, 0.6) is 11.5 Å². The normalized spacial score (nSPS) is 15.6. The predicted octanol–water partition coefficient (Wildman–Crippen LogP) is 4.54. The third-order valence-corrected chi connectivity index (χ3v) is 4.54. The molecule has 0 aliphatic carbocycles. The molecule has 0 radical (unpaired) electrons. The molecule has 8 heteroatoms. The summed E-state index contributed by atoms with van der Waals surface area (Å²) in [5, 5.41) is 4.93. The Kier molecular flexibility index (Phi) is 5.23. The maximum absolute atomic E-state index is 12.2. The van der Waals surface area contributed by atoms with Gasteiger partial charge in [0.05, 0.1) is 11.2 Å². The van der Waals surface area contributed by atoms with Gasteiger partial charge >= 0.3 is 0 Å². The van der Waals surface area contributed by atoms with E-state index in [1.165, 1.54) is 6.21 Å². The minimum absolute atomic E-state index is 0.109. The lowest BCUT2D eigenvalue weighted by Crippen LogP contribution is -2.42. The number of hydrazone groups is 1. The Bertz CT molecular complexity index is 1050. The highest BCUT2D eigenvalue weighted by molar-refractivity contribution is 6.36. The Morgan fingerprint density at radius 1 is 1.11 bits per heavy atom. The summed E-state index contributed by atoms with van der Waals surface area (Å²) < 4.78 is 16.8. The van der Waals surface area contributed by atoms with Crippen molar-refractivity contribution in [3.63, 3.8) is 0 Å². The molecule has 0 saturated carbocycles. The fraction of sp³-hybridized carbons (Fsp3) is 0.100. The van der Waals surface area contributed by atoms with E-state index < -0.39 is 12.0 Å². The quantitative estimate of drug-likeness (QED) is 0.500. The number of carbonyl (C=O) groups excluding carboxylic acids is 1. The van der Waals surface area contributed by atoms with Gasteiger partial charge in [-0.15, -0.1) is 0 Å². The zero-order valence-electron chi connectivity index (χ0n) is 14.4. The fourth-order valence-electron chi connectivity index (χ4n) is 2.64. The molecular weight excluding hydrogens is 403 g/mol. The van der Waals surface area contributed by atoms with Crippen LogP contribution in [-0.2, 0) is 4.79 Å². The number of hydrogen-bond acceptors (Lipinski definition) is 5. The predicted molar refractivity (Wildman–Crippen MR) is 106 cm³/mol. The van der Waals surface area contributed by atoms with Crippen LogP contribution in [0.4, 0.5) is 0 Å². The smallest absolute Gasteiger partial charge is 0.284 e. The molecule has 0 bridgehead atoms. The van der Waals surface area contributed by atoms with Crippen molar-refractivity contribution in [1.29, 1.82) is 0 Å². The topological polar surface area (TPSA) is 73.1 Å². The maximum atomic E-state index is 12.2. The van der Waals surface area contributed by atoms with Gasteiger partial charge in [0.25, 0.3) is 5.91 Å². The number of halogens is 2. The Morgan fingerprint density at radius 3 is 2.75 bits per heavy atom. The summed E-state index contributed by atoms with van der Waals surface area (Å²) in [6.45, 7) is 0.109. The lowest BCUT2D eigenvalue weighted by molar-refractivity contribution is -0.130. The first-order chi connectivity index (χ1) is 13.6. The van der Waals surface area contributed by atoms with Crippen molar-refractivity contribution in [3.05, 3.63) is 70.4 Å². The number of nitrogens with one attached hydrogen (secondary N) is 1.